The lowest BCUT2D eigenvalue weighted by Gasteiger charge is -2.44. The highest BCUT2D eigenvalue weighted by molar-refractivity contribution is 7.87. The zero-order chi connectivity index (χ0) is 34.9. The number of carbonyl (C=O) groups excluding carboxylic acids is 3. The van der Waals surface area contributed by atoms with Gasteiger partial charge in [0.2, 0.25) is 5.78 Å². The van der Waals surface area contributed by atoms with E-state index in [0.717, 1.165) is 44.9 Å². The van der Waals surface area contributed by atoms with E-state index in [1.165, 1.54) is 0 Å². The molecule has 2 unspecified atom stereocenters. The average molecular weight is 664 g/mol. The first-order valence-corrected chi connectivity index (χ1v) is 19.1. The van der Waals surface area contributed by atoms with Crippen molar-refractivity contribution in [2.24, 2.45) is 40.4 Å². The van der Waals surface area contributed by atoms with Gasteiger partial charge >= 0.3 is 0 Å². The summed E-state index contributed by atoms with van der Waals surface area (Å²) in [6, 6.07) is -0.101. The highest BCUT2D eigenvalue weighted by Crippen LogP contribution is 2.44. The lowest BCUT2D eigenvalue weighted by atomic mass is 9.62. The molecular weight excluding hydrogens is 598 g/mol. The fourth-order valence-electron chi connectivity index (χ4n) is 7.06. The Labute approximate surface area is 281 Å². The van der Waals surface area contributed by atoms with Crippen molar-refractivity contribution in [2.45, 2.75) is 126 Å². The second-order valence-corrected chi connectivity index (χ2v) is 18.1. The topological polar surface area (TPSA) is 104 Å². The van der Waals surface area contributed by atoms with E-state index in [1.807, 2.05) is 13.8 Å². The molecule has 1 heterocycles. The van der Waals surface area contributed by atoms with Gasteiger partial charge in [0, 0.05) is 50.5 Å². The second-order valence-electron chi connectivity index (χ2n) is 16.2. The average Bonchev–Trinajstić information content (AvgIpc) is 3.71. The molecule has 1 saturated heterocycles. The van der Waals surface area contributed by atoms with Gasteiger partial charge in [-0.15, -0.1) is 6.58 Å². The third-order valence-electron chi connectivity index (χ3n) is 9.76. The quantitative estimate of drug-likeness (QED) is 0.0861. The Hall–Kier alpha value is -1.84. The molecular formula is C37H65N3O5S. The van der Waals surface area contributed by atoms with Crippen molar-refractivity contribution in [1.29, 1.82) is 0 Å². The van der Waals surface area contributed by atoms with Crippen LogP contribution in [0.5, 0.6) is 0 Å². The Morgan fingerprint density at radius 3 is 2.15 bits per heavy atom. The number of Topliss-reactive ketones (excluding diaryl/α,β-unsaturated/α-hetero) is 2. The minimum Gasteiger partial charge on any atom is -0.346 e. The fraction of sp³-hybridized carbons (Fsp3) is 0.811. The third-order valence-corrected chi connectivity index (χ3v) is 11.9. The minimum absolute atomic E-state index is 0.101. The summed E-state index contributed by atoms with van der Waals surface area (Å²) in [5.41, 5.74) is -0.600. The molecule has 4 atom stereocenters. The molecule has 0 aromatic rings. The van der Waals surface area contributed by atoms with Crippen LogP contribution < -0.4 is 5.32 Å². The Morgan fingerprint density at radius 2 is 1.65 bits per heavy atom. The van der Waals surface area contributed by atoms with Crippen molar-refractivity contribution in [3.05, 3.63) is 24.8 Å². The van der Waals surface area contributed by atoms with Gasteiger partial charge in [-0.25, -0.2) is 0 Å². The number of ketones is 2. The van der Waals surface area contributed by atoms with E-state index in [-0.39, 0.29) is 58.7 Å². The van der Waals surface area contributed by atoms with Crippen LogP contribution in [0.1, 0.15) is 120 Å². The third kappa shape index (κ3) is 12.0. The summed E-state index contributed by atoms with van der Waals surface area (Å²) in [7, 11) is -3.56. The molecule has 2 rings (SSSR count). The number of allylic oxidation sites excluding steroid dienone is 2. The van der Waals surface area contributed by atoms with Crippen molar-refractivity contribution in [2.75, 3.05) is 26.2 Å². The van der Waals surface area contributed by atoms with Crippen LogP contribution in [0, 0.1) is 40.4 Å². The SMILES string of the molecule is C=CCNC(=O)C(=O)C(CC1CC1)C[C@H](/C=C\CC)CCCCC(=O)C([C@H](CN1CCN(C(C)C)S1(=O)=O)C(C)(C)C)C(C)(C)C. The smallest absolute Gasteiger partial charge is 0.287 e. The highest BCUT2D eigenvalue weighted by atomic mass is 32.2. The van der Waals surface area contributed by atoms with Crippen LogP contribution in [0.3, 0.4) is 0 Å². The molecule has 0 aromatic carbocycles. The summed E-state index contributed by atoms with van der Waals surface area (Å²) in [4.78, 5) is 39.7. The fourth-order valence-corrected chi connectivity index (χ4v) is 8.86. The van der Waals surface area contributed by atoms with Crippen molar-refractivity contribution >= 4 is 27.7 Å². The van der Waals surface area contributed by atoms with Crippen molar-refractivity contribution in [3.63, 3.8) is 0 Å². The number of nitrogens with one attached hydrogen (secondary N) is 1. The summed E-state index contributed by atoms with van der Waals surface area (Å²) in [6.45, 7) is 23.7. The molecule has 1 saturated carbocycles. The van der Waals surface area contributed by atoms with E-state index >= 15 is 0 Å². The van der Waals surface area contributed by atoms with Gasteiger partial charge in [0.15, 0.2) is 0 Å². The Bertz CT molecular complexity index is 1160. The molecule has 1 aliphatic heterocycles. The number of carbonyl (C=O) groups is 3. The first kappa shape index (κ1) is 40.3. The van der Waals surface area contributed by atoms with Crippen LogP contribution in [-0.4, -0.2) is 66.7 Å². The van der Waals surface area contributed by atoms with Gasteiger partial charge in [-0.3, -0.25) is 14.4 Å². The van der Waals surface area contributed by atoms with Gasteiger partial charge in [0.05, 0.1) is 0 Å². The molecule has 1 N–H and O–H groups in total. The van der Waals surface area contributed by atoms with E-state index in [4.69, 9.17) is 0 Å². The number of rotatable bonds is 20. The van der Waals surface area contributed by atoms with E-state index in [0.29, 0.717) is 38.4 Å². The summed E-state index contributed by atoms with van der Waals surface area (Å²) >= 11 is 0. The molecule has 46 heavy (non-hydrogen) atoms. The first-order chi connectivity index (χ1) is 21.3. The van der Waals surface area contributed by atoms with Crippen LogP contribution in [0.25, 0.3) is 0 Å². The zero-order valence-corrected chi connectivity index (χ0v) is 31.3. The largest absolute Gasteiger partial charge is 0.346 e. The van der Waals surface area contributed by atoms with E-state index in [1.54, 1.807) is 14.7 Å². The maximum atomic E-state index is 14.1. The summed E-state index contributed by atoms with van der Waals surface area (Å²) in [5, 5.41) is 2.66. The lowest BCUT2D eigenvalue weighted by molar-refractivity contribution is -0.140. The van der Waals surface area contributed by atoms with E-state index < -0.39 is 16.1 Å². The number of hydrogen-bond acceptors (Lipinski definition) is 5. The predicted molar refractivity (Wildman–Crippen MR) is 188 cm³/mol. The second kappa shape index (κ2) is 17.5. The zero-order valence-electron chi connectivity index (χ0n) is 30.4. The molecule has 0 aromatic heterocycles. The molecule has 1 aliphatic carbocycles. The van der Waals surface area contributed by atoms with E-state index in [9.17, 15) is 22.8 Å². The monoisotopic (exact) mass is 663 g/mol. The molecule has 1 amide bonds. The molecule has 9 heteroatoms. The van der Waals surface area contributed by atoms with Crippen LogP contribution in [0.2, 0.25) is 0 Å². The number of unbranched alkanes of at least 4 members (excludes halogenated alkanes) is 1. The Kier molecular flexibility index (Phi) is 15.4. The lowest BCUT2D eigenvalue weighted by Crippen LogP contribution is -2.48. The van der Waals surface area contributed by atoms with Gasteiger partial charge < -0.3 is 5.32 Å². The van der Waals surface area contributed by atoms with Crippen LogP contribution in [-0.2, 0) is 24.6 Å². The van der Waals surface area contributed by atoms with Crippen molar-refractivity contribution < 1.29 is 22.8 Å². The van der Waals surface area contributed by atoms with Crippen LogP contribution in [0.4, 0.5) is 0 Å². The normalized spacial score (nSPS) is 20.5. The van der Waals surface area contributed by atoms with Gasteiger partial charge in [0.25, 0.3) is 16.1 Å². The number of hydrogen-bond donors (Lipinski definition) is 1. The summed E-state index contributed by atoms with van der Waals surface area (Å²) in [5.74, 6) is -0.664. The van der Waals surface area contributed by atoms with Crippen LogP contribution >= 0.6 is 0 Å². The predicted octanol–water partition coefficient (Wildman–Crippen LogP) is 6.97. The Morgan fingerprint density at radius 1 is 1.00 bits per heavy atom. The van der Waals surface area contributed by atoms with Crippen LogP contribution in [0.15, 0.2) is 24.8 Å². The molecule has 2 fully saturated rings. The molecule has 264 valence electrons. The van der Waals surface area contributed by atoms with Crippen molar-refractivity contribution in [1.82, 2.24) is 13.9 Å². The maximum Gasteiger partial charge on any atom is 0.287 e. The van der Waals surface area contributed by atoms with Crippen molar-refractivity contribution in [3.8, 4) is 0 Å². The van der Waals surface area contributed by atoms with Gasteiger partial charge in [-0.1, -0.05) is 86.0 Å². The van der Waals surface area contributed by atoms with Gasteiger partial charge in [0.1, 0.15) is 5.78 Å². The highest BCUT2D eigenvalue weighted by Gasteiger charge is 2.47. The molecule has 2 aliphatic rings. The Balaban J connectivity index is 2.13. The number of amides is 1. The standard InChI is InChI=1S/C37H65N3O5S/c1-11-13-16-28(24-30(25-29-19-20-29)34(42)35(43)38-21-12-2)17-14-15-18-32(41)33(37(8,9)10)31(36(5,6)7)26-39-22-23-40(27(3)4)46(39,44)45/h12-13,16,27-31,33H,2,11,14-15,17-26H2,1,3-10H3,(H,38,43)/b16-13-/t28-,30?,31+,33?/m1/s1. The summed E-state index contributed by atoms with van der Waals surface area (Å²) in [6.07, 6.45) is 13.4. The molecule has 8 nitrogen and oxygen atoms in total. The number of nitrogens with zero attached hydrogens (tertiary/aromatic N) is 2. The minimum atomic E-state index is -3.56. The maximum absolute atomic E-state index is 14.1. The molecule has 0 bridgehead atoms. The molecule has 0 spiro atoms. The van der Waals surface area contributed by atoms with Gasteiger partial charge in [-0.05, 0) is 74.5 Å². The summed E-state index contributed by atoms with van der Waals surface area (Å²) < 4.78 is 29.9. The van der Waals surface area contributed by atoms with E-state index in [2.05, 4.69) is 72.5 Å². The molecule has 0 radical (unpaired) electrons. The first-order valence-electron chi connectivity index (χ1n) is 17.7. The van der Waals surface area contributed by atoms with Gasteiger partial charge in [-0.2, -0.15) is 17.0 Å².